The maximum atomic E-state index is 3.94. The second-order valence-electron chi connectivity index (χ2n) is 6.02. The van der Waals surface area contributed by atoms with Gasteiger partial charge < -0.3 is 9.13 Å². The lowest BCUT2D eigenvalue weighted by molar-refractivity contribution is 0.631. The molecular weight excluding hydrogens is 456 g/mol. The summed E-state index contributed by atoms with van der Waals surface area (Å²) in [5.41, 5.74) is 0. The number of hydrogen-bond acceptors (Lipinski definition) is 2. The average molecular weight is 496 g/mol. The normalized spacial score (nSPS) is 8.92. The van der Waals surface area contributed by atoms with E-state index in [9.17, 15) is 0 Å². The molecule has 0 aliphatic heterocycles. The molecule has 0 N–H and O–H groups in total. The van der Waals surface area contributed by atoms with Gasteiger partial charge in [0.25, 0.3) is 0 Å². The van der Waals surface area contributed by atoms with E-state index in [2.05, 4.69) is 46.8 Å². The molecule has 0 saturated heterocycles. The van der Waals surface area contributed by atoms with Crippen LogP contribution in [0.1, 0.15) is 79.1 Å². The first-order chi connectivity index (χ1) is 11.8. The molecular formula is C20H40Br2N4. The molecule has 0 aliphatic carbocycles. The molecule has 154 valence electrons. The van der Waals surface area contributed by atoms with Crippen molar-refractivity contribution < 1.29 is 0 Å². The van der Waals surface area contributed by atoms with Gasteiger partial charge in [0.2, 0.25) is 0 Å². The van der Waals surface area contributed by atoms with Crippen LogP contribution < -0.4 is 0 Å². The van der Waals surface area contributed by atoms with Gasteiger partial charge in [0.1, 0.15) is 0 Å². The Morgan fingerprint density at radius 1 is 0.577 bits per heavy atom. The van der Waals surface area contributed by atoms with Crippen LogP contribution >= 0.6 is 34.0 Å². The molecule has 4 nitrogen and oxygen atoms in total. The Labute approximate surface area is 182 Å². The van der Waals surface area contributed by atoms with Crippen LogP contribution in [0.15, 0.2) is 37.4 Å². The zero-order valence-electron chi connectivity index (χ0n) is 17.1. The molecule has 2 aromatic heterocycles. The van der Waals surface area contributed by atoms with Gasteiger partial charge in [-0.2, -0.15) is 0 Å². The molecule has 2 heterocycles. The number of halogens is 2. The van der Waals surface area contributed by atoms with Gasteiger partial charge in [-0.3, -0.25) is 0 Å². The van der Waals surface area contributed by atoms with Gasteiger partial charge in [-0.25, -0.2) is 9.97 Å². The molecule has 0 spiro atoms. The highest BCUT2D eigenvalue weighted by molar-refractivity contribution is 8.93. The largest absolute Gasteiger partial charge is 0.337 e. The third-order valence-corrected chi connectivity index (χ3v) is 3.62. The number of rotatable bonds is 9. The zero-order valence-corrected chi connectivity index (χ0v) is 20.6. The van der Waals surface area contributed by atoms with Gasteiger partial charge >= 0.3 is 0 Å². The summed E-state index contributed by atoms with van der Waals surface area (Å²) in [6.07, 6.45) is 21.9. The Hall–Kier alpha value is -0.620. The SMILES string of the molecule is Br.Br.CCCCCC.CCCCn1ccnc1.CCCCn1ccnc1. The molecule has 0 aliphatic rings. The molecule has 2 rings (SSSR count). The minimum atomic E-state index is 0. The van der Waals surface area contributed by atoms with Crippen molar-refractivity contribution in [2.75, 3.05) is 0 Å². The summed E-state index contributed by atoms with van der Waals surface area (Å²) in [7, 11) is 0. The van der Waals surface area contributed by atoms with Crippen LogP contribution in [0.5, 0.6) is 0 Å². The summed E-state index contributed by atoms with van der Waals surface area (Å²) in [4.78, 5) is 7.88. The highest BCUT2D eigenvalue weighted by atomic mass is 79.9. The van der Waals surface area contributed by atoms with E-state index < -0.39 is 0 Å². The maximum absolute atomic E-state index is 3.94. The molecule has 6 heteroatoms. The summed E-state index contributed by atoms with van der Waals surface area (Å²) in [6.45, 7) is 11.1. The van der Waals surface area contributed by atoms with Crippen molar-refractivity contribution in [3.05, 3.63) is 37.4 Å². The van der Waals surface area contributed by atoms with E-state index in [0.29, 0.717) is 0 Å². The van der Waals surface area contributed by atoms with E-state index >= 15 is 0 Å². The summed E-state index contributed by atoms with van der Waals surface area (Å²) >= 11 is 0. The fourth-order valence-electron chi connectivity index (χ4n) is 2.02. The third kappa shape index (κ3) is 19.7. The molecule has 0 amide bonds. The van der Waals surface area contributed by atoms with E-state index in [0.717, 1.165) is 13.1 Å². The van der Waals surface area contributed by atoms with Gasteiger partial charge in [0.05, 0.1) is 12.7 Å². The number of imidazole rings is 2. The molecule has 0 fully saturated rings. The van der Waals surface area contributed by atoms with E-state index in [1.807, 2.05) is 37.4 Å². The summed E-state index contributed by atoms with van der Waals surface area (Å²) in [6, 6.07) is 0. The molecule has 0 atom stereocenters. The van der Waals surface area contributed by atoms with Crippen molar-refractivity contribution >= 4 is 34.0 Å². The number of aryl methyl sites for hydroxylation is 2. The summed E-state index contributed by atoms with van der Waals surface area (Å²) in [5, 5.41) is 0. The standard InChI is InChI=1S/2C7H12N2.C6H14.2BrH/c2*1-2-3-5-9-6-4-8-7-9;1-3-5-6-4-2;;/h2*4,6-7H,2-3,5H2,1H3;3-6H2,1-2H3;2*1H. The van der Waals surface area contributed by atoms with Gasteiger partial charge in [-0.05, 0) is 12.8 Å². The van der Waals surface area contributed by atoms with Crippen molar-refractivity contribution in [2.24, 2.45) is 0 Å². The summed E-state index contributed by atoms with van der Waals surface area (Å²) in [5.74, 6) is 0. The minimum absolute atomic E-state index is 0. The van der Waals surface area contributed by atoms with E-state index in [1.165, 1.54) is 51.4 Å². The highest BCUT2D eigenvalue weighted by Gasteiger charge is 1.86. The van der Waals surface area contributed by atoms with E-state index in [-0.39, 0.29) is 34.0 Å². The van der Waals surface area contributed by atoms with Gasteiger partial charge in [-0.1, -0.05) is 66.2 Å². The van der Waals surface area contributed by atoms with Crippen LogP contribution in [0.4, 0.5) is 0 Å². The number of nitrogens with zero attached hydrogens (tertiary/aromatic N) is 4. The van der Waals surface area contributed by atoms with E-state index in [1.54, 1.807) is 0 Å². The molecule has 0 saturated carbocycles. The topological polar surface area (TPSA) is 35.6 Å². The Kier molecular flexibility index (Phi) is 28.2. The molecule has 26 heavy (non-hydrogen) atoms. The Balaban J connectivity index is -0.000000301. The first kappa shape index (κ1) is 30.1. The monoisotopic (exact) mass is 494 g/mol. The highest BCUT2D eigenvalue weighted by Crippen LogP contribution is 1.95. The van der Waals surface area contributed by atoms with Gasteiger partial charge in [0, 0.05) is 37.9 Å². The number of aromatic nitrogens is 4. The lowest BCUT2D eigenvalue weighted by atomic mass is 10.2. The van der Waals surface area contributed by atoms with Crippen LogP contribution in [0.2, 0.25) is 0 Å². The average Bonchev–Trinajstić information content (AvgIpc) is 3.31. The zero-order chi connectivity index (χ0) is 17.9. The molecule has 0 radical (unpaired) electrons. The number of unbranched alkanes of at least 4 members (excludes halogenated alkanes) is 5. The fraction of sp³-hybridized carbons (Fsp3) is 0.700. The predicted octanol–water partition coefficient (Wildman–Crippen LogP) is 7.11. The lowest BCUT2D eigenvalue weighted by Gasteiger charge is -1.96. The molecule has 0 bridgehead atoms. The smallest absolute Gasteiger partial charge is 0.0945 e. The van der Waals surface area contributed by atoms with Crippen LogP contribution in [0.3, 0.4) is 0 Å². The van der Waals surface area contributed by atoms with Crippen LogP contribution in [-0.2, 0) is 13.1 Å². The number of hydrogen-bond donors (Lipinski definition) is 0. The van der Waals surface area contributed by atoms with Crippen molar-refractivity contribution in [3.63, 3.8) is 0 Å². The van der Waals surface area contributed by atoms with Crippen LogP contribution in [0.25, 0.3) is 0 Å². The maximum Gasteiger partial charge on any atom is 0.0945 e. The second kappa shape index (κ2) is 24.4. The van der Waals surface area contributed by atoms with E-state index in [4.69, 9.17) is 0 Å². The van der Waals surface area contributed by atoms with Crippen molar-refractivity contribution in [1.29, 1.82) is 0 Å². The van der Waals surface area contributed by atoms with Crippen molar-refractivity contribution in [2.45, 2.75) is 92.2 Å². The Morgan fingerprint density at radius 3 is 1.15 bits per heavy atom. The molecule has 0 unspecified atom stereocenters. The minimum Gasteiger partial charge on any atom is -0.337 e. The summed E-state index contributed by atoms with van der Waals surface area (Å²) < 4.78 is 4.20. The predicted molar refractivity (Wildman–Crippen MR) is 125 cm³/mol. The van der Waals surface area contributed by atoms with Crippen molar-refractivity contribution in [1.82, 2.24) is 19.1 Å². The van der Waals surface area contributed by atoms with Crippen LogP contribution in [-0.4, -0.2) is 19.1 Å². The van der Waals surface area contributed by atoms with Gasteiger partial charge in [0.15, 0.2) is 0 Å². The Morgan fingerprint density at radius 2 is 0.923 bits per heavy atom. The second-order valence-corrected chi connectivity index (χ2v) is 6.02. The van der Waals surface area contributed by atoms with Gasteiger partial charge in [-0.15, -0.1) is 34.0 Å². The van der Waals surface area contributed by atoms with Crippen LogP contribution in [0, 0.1) is 0 Å². The molecule has 0 aromatic carbocycles. The first-order valence-corrected chi connectivity index (χ1v) is 9.69. The Bertz CT molecular complexity index is 388. The molecule has 2 aromatic rings. The quantitative estimate of drug-likeness (QED) is 0.347. The lowest BCUT2D eigenvalue weighted by Crippen LogP contribution is -1.92. The van der Waals surface area contributed by atoms with Crippen molar-refractivity contribution in [3.8, 4) is 0 Å². The third-order valence-electron chi connectivity index (χ3n) is 3.62. The first-order valence-electron chi connectivity index (χ1n) is 9.69. The fourth-order valence-corrected chi connectivity index (χ4v) is 2.02.